The van der Waals surface area contributed by atoms with Crippen molar-refractivity contribution < 1.29 is 4.74 Å². The van der Waals surface area contributed by atoms with Crippen LogP contribution >= 0.6 is 12.6 Å². The molecule has 0 aromatic rings. The largest absolute Gasteiger partial charge is 0.378 e. The standard InChI is InChI=1S/C16H32OS/c1-15-10-9-11-16(14-15)17-12-7-5-3-2-4-6-8-13-18/h15-16,18H,2-14H2,1H3. The molecule has 0 aromatic heterocycles. The van der Waals surface area contributed by atoms with Gasteiger partial charge >= 0.3 is 0 Å². The molecule has 1 saturated carbocycles. The van der Waals surface area contributed by atoms with Crippen LogP contribution in [0.3, 0.4) is 0 Å². The van der Waals surface area contributed by atoms with Gasteiger partial charge in [-0.05, 0) is 37.4 Å². The first-order chi connectivity index (χ1) is 8.83. The maximum absolute atomic E-state index is 5.99. The van der Waals surface area contributed by atoms with Gasteiger partial charge in [-0.25, -0.2) is 0 Å². The minimum Gasteiger partial charge on any atom is -0.378 e. The van der Waals surface area contributed by atoms with Crippen LogP contribution in [0.4, 0.5) is 0 Å². The fourth-order valence-corrected chi connectivity index (χ4v) is 3.10. The van der Waals surface area contributed by atoms with Crippen molar-refractivity contribution in [2.45, 2.75) is 83.7 Å². The molecule has 1 fully saturated rings. The molecule has 18 heavy (non-hydrogen) atoms. The van der Waals surface area contributed by atoms with E-state index in [-0.39, 0.29) is 0 Å². The van der Waals surface area contributed by atoms with Crippen molar-refractivity contribution in [3.8, 4) is 0 Å². The molecule has 1 rings (SSSR count). The van der Waals surface area contributed by atoms with E-state index in [0.29, 0.717) is 6.10 Å². The molecule has 1 aliphatic carbocycles. The quantitative estimate of drug-likeness (QED) is 0.422. The first-order valence-corrected chi connectivity index (χ1v) is 8.68. The van der Waals surface area contributed by atoms with Crippen molar-refractivity contribution in [1.82, 2.24) is 0 Å². The highest BCUT2D eigenvalue weighted by Gasteiger charge is 2.18. The van der Waals surface area contributed by atoms with Crippen molar-refractivity contribution in [2.24, 2.45) is 5.92 Å². The zero-order valence-corrected chi connectivity index (χ0v) is 13.1. The highest BCUT2D eigenvalue weighted by molar-refractivity contribution is 7.80. The van der Waals surface area contributed by atoms with Crippen LogP contribution in [0, 0.1) is 5.92 Å². The summed E-state index contributed by atoms with van der Waals surface area (Å²) in [4.78, 5) is 0. The van der Waals surface area contributed by atoms with Crippen molar-refractivity contribution in [1.29, 1.82) is 0 Å². The number of ether oxygens (including phenoxy) is 1. The molecule has 0 radical (unpaired) electrons. The molecule has 2 unspecified atom stereocenters. The van der Waals surface area contributed by atoms with Crippen LogP contribution in [0.15, 0.2) is 0 Å². The number of unbranched alkanes of at least 4 members (excludes halogenated alkanes) is 6. The van der Waals surface area contributed by atoms with E-state index in [1.165, 1.54) is 70.6 Å². The van der Waals surface area contributed by atoms with Crippen LogP contribution in [-0.2, 0) is 4.74 Å². The Bertz CT molecular complexity index is 184. The number of rotatable bonds is 10. The lowest BCUT2D eigenvalue weighted by Crippen LogP contribution is -2.21. The second-order valence-electron chi connectivity index (χ2n) is 5.96. The van der Waals surface area contributed by atoms with E-state index >= 15 is 0 Å². The summed E-state index contributed by atoms with van der Waals surface area (Å²) in [6.45, 7) is 3.36. The summed E-state index contributed by atoms with van der Waals surface area (Å²) in [7, 11) is 0. The van der Waals surface area contributed by atoms with Gasteiger partial charge in [0.1, 0.15) is 0 Å². The van der Waals surface area contributed by atoms with E-state index in [4.69, 9.17) is 4.74 Å². The highest BCUT2D eigenvalue weighted by atomic mass is 32.1. The Balaban J connectivity index is 1.80. The van der Waals surface area contributed by atoms with Crippen molar-refractivity contribution in [3.05, 3.63) is 0 Å². The Morgan fingerprint density at radius 3 is 2.28 bits per heavy atom. The Morgan fingerprint density at radius 2 is 1.61 bits per heavy atom. The summed E-state index contributed by atoms with van der Waals surface area (Å²) < 4.78 is 5.99. The fourth-order valence-electron chi connectivity index (χ4n) is 2.88. The molecule has 2 heteroatoms. The third-order valence-electron chi connectivity index (χ3n) is 4.04. The zero-order chi connectivity index (χ0) is 13.1. The predicted molar refractivity (Wildman–Crippen MR) is 83.5 cm³/mol. The Labute approximate surface area is 119 Å². The summed E-state index contributed by atoms with van der Waals surface area (Å²) in [5.74, 6) is 1.93. The first kappa shape index (κ1) is 16.4. The minimum atomic E-state index is 0.573. The van der Waals surface area contributed by atoms with Gasteiger partial charge in [-0.15, -0.1) is 0 Å². The van der Waals surface area contributed by atoms with E-state index in [1.54, 1.807) is 0 Å². The van der Waals surface area contributed by atoms with Crippen LogP contribution in [0.1, 0.15) is 77.6 Å². The average molecular weight is 272 g/mol. The smallest absolute Gasteiger partial charge is 0.0577 e. The Hall–Kier alpha value is 0.310. The molecule has 2 atom stereocenters. The van der Waals surface area contributed by atoms with Crippen molar-refractivity contribution in [2.75, 3.05) is 12.4 Å². The van der Waals surface area contributed by atoms with Crippen LogP contribution in [0.5, 0.6) is 0 Å². The normalized spacial score (nSPS) is 24.3. The lowest BCUT2D eigenvalue weighted by atomic mass is 9.89. The molecule has 0 amide bonds. The second-order valence-corrected chi connectivity index (χ2v) is 6.41. The first-order valence-electron chi connectivity index (χ1n) is 8.05. The SMILES string of the molecule is CC1CCCC(OCCCCCCCCCS)C1. The van der Waals surface area contributed by atoms with Crippen LogP contribution in [-0.4, -0.2) is 18.5 Å². The van der Waals surface area contributed by atoms with Crippen LogP contribution < -0.4 is 0 Å². The summed E-state index contributed by atoms with van der Waals surface area (Å²) in [5.41, 5.74) is 0. The van der Waals surface area contributed by atoms with Gasteiger partial charge in [0, 0.05) is 6.61 Å². The molecule has 0 aromatic carbocycles. The Kier molecular flexibility index (Phi) is 10.1. The minimum absolute atomic E-state index is 0.573. The van der Waals surface area contributed by atoms with Gasteiger partial charge < -0.3 is 4.74 Å². The van der Waals surface area contributed by atoms with Gasteiger partial charge in [0.15, 0.2) is 0 Å². The molecule has 108 valence electrons. The Morgan fingerprint density at radius 1 is 0.944 bits per heavy atom. The lowest BCUT2D eigenvalue weighted by Gasteiger charge is -2.26. The average Bonchev–Trinajstić information content (AvgIpc) is 2.37. The van der Waals surface area contributed by atoms with Crippen molar-refractivity contribution in [3.63, 3.8) is 0 Å². The molecule has 0 aliphatic heterocycles. The summed E-state index contributed by atoms with van der Waals surface area (Å²) in [6.07, 6.45) is 15.4. The molecule has 1 aliphatic rings. The molecular weight excluding hydrogens is 240 g/mol. The fraction of sp³-hybridized carbons (Fsp3) is 1.00. The van der Waals surface area contributed by atoms with E-state index in [9.17, 15) is 0 Å². The topological polar surface area (TPSA) is 9.23 Å². The highest BCUT2D eigenvalue weighted by Crippen LogP contribution is 2.25. The maximum atomic E-state index is 5.99. The molecule has 0 heterocycles. The second kappa shape index (κ2) is 11.2. The van der Waals surface area contributed by atoms with Gasteiger partial charge in [0.2, 0.25) is 0 Å². The molecule has 0 bridgehead atoms. The van der Waals surface area contributed by atoms with E-state index in [1.807, 2.05) is 0 Å². The number of hydrogen-bond acceptors (Lipinski definition) is 2. The molecule has 0 spiro atoms. The lowest BCUT2D eigenvalue weighted by molar-refractivity contribution is 0.0137. The number of thiol groups is 1. The van der Waals surface area contributed by atoms with Crippen LogP contribution in [0.25, 0.3) is 0 Å². The van der Waals surface area contributed by atoms with Gasteiger partial charge in [-0.2, -0.15) is 12.6 Å². The maximum Gasteiger partial charge on any atom is 0.0577 e. The zero-order valence-electron chi connectivity index (χ0n) is 12.2. The molecular formula is C16H32OS. The number of hydrogen-bond donors (Lipinski definition) is 1. The molecule has 0 N–H and O–H groups in total. The van der Waals surface area contributed by atoms with Crippen molar-refractivity contribution >= 4 is 12.6 Å². The van der Waals surface area contributed by atoms with E-state index < -0.39 is 0 Å². The van der Waals surface area contributed by atoms with Gasteiger partial charge in [-0.3, -0.25) is 0 Å². The summed E-state index contributed by atoms with van der Waals surface area (Å²) >= 11 is 4.23. The van der Waals surface area contributed by atoms with E-state index in [0.717, 1.165) is 18.3 Å². The van der Waals surface area contributed by atoms with Gasteiger partial charge in [-0.1, -0.05) is 51.9 Å². The summed E-state index contributed by atoms with van der Waals surface area (Å²) in [5, 5.41) is 0. The van der Waals surface area contributed by atoms with Gasteiger partial charge in [0.25, 0.3) is 0 Å². The van der Waals surface area contributed by atoms with Crippen LogP contribution in [0.2, 0.25) is 0 Å². The third kappa shape index (κ3) is 8.42. The summed E-state index contributed by atoms with van der Waals surface area (Å²) in [6, 6.07) is 0. The monoisotopic (exact) mass is 272 g/mol. The predicted octanol–water partition coefficient (Wildman–Crippen LogP) is 5.24. The third-order valence-corrected chi connectivity index (χ3v) is 4.36. The molecule has 0 saturated heterocycles. The van der Waals surface area contributed by atoms with Gasteiger partial charge in [0.05, 0.1) is 6.10 Å². The van der Waals surface area contributed by atoms with E-state index in [2.05, 4.69) is 19.6 Å². The molecule has 1 nitrogen and oxygen atoms in total.